The van der Waals surface area contributed by atoms with Crippen LogP contribution in [0, 0.1) is 0 Å². The van der Waals surface area contributed by atoms with E-state index in [-0.39, 0.29) is 5.75 Å². The summed E-state index contributed by atoms with van der Waals surface area (Å²) >= 11 is 0. The smallest absolute Gasteiger partial charge is 0.126 e. The van der Waals surface area contributed by atoms with Crippen LogP contribution in [0.5, 0.6) is 5.75 Å². The van der Waals surface area contributed by atoms with Crippen LogP contribution in [0.2, 0.25) is 0 Å². The zero-order chi connectivity index (χ0) is 15.4. The molecule has 0 bridgehead atoms. The Balaban J connectivity index is 2.29. The van der Waals surface area contributed by atoms with Gasteiger partial charge in [0.15, 0.2) is 0 Å². The van der Waals surface area contributed by atoms with Crippen molar-refractivity contribution in [2.24, 2.45) is 11.5 Å². The van der Waals surface area contributed by atoms with Crippen molar-refractivity contribution < 1.29 is 5.11 Å². The first-order valence-corrected chi connectivity index (χ1v) is 6.40. The molecule has 0 unspecified atom stereocenters. The molecule has 1 aromatic carbocycles. The standard InChI is InChI=1S/C15H19N5O/c1-9(8-16)20-11-2-3-12(14(21)7-11)13(17)6-10-4-5-19-15(10)18/h2-8,19-21H,16-18H2,1H3/b9-8-,13-6-. The molecule has 0 saturated heterocycles. The summed E-state index contributed by atoms with van der Waals surface area (Å²) in [5.41, 5.74) is 20.4. The lowest BCUT2D eigenvalue weighted by Gasteiger charge is -2.10. The number of phenolic OH excluding ortho intramolecular Hbond substituents is 1. The van der Waals surface area contributed by atoms with Crippen molar-refractivity contribution in [3.05, 3.63) is 53.5 Å². The van der Waals surface area contributed by atoms with Crippen LogP contribution in [0.4, 0.5) is 11.5 Å². The van der Waals surface area contributed by atoms with Gasteiger partial charge in [0.1, 0.15) is 11.6 Å². The Bertz CT molecular complexity index is 700. The van der Waals surface area contributed by atoms with Crippen molar-refractivity contribution in [3.63, 3.8) is 0 Å². The number of nitrogen functional groups attached to an aromatic ring is 1. The molecule has 2 aromatic rings. The van der Waals surface area contributed by atoms with Gasteiger partial charge in [0.2, 0.25) is 0 Å². The van der Waals surface area contributed by atoms with Gasteiger partial charge in [-0.2, -0.15) is 0 Å². The first-order valence-electron chi connectivity index (χ1n) is 6.40. The number of anilines is 2. The van der Waals surface area contributed by atoms with E-state index < -0.39 is 0 Å². The van der Waals surface area contributed by atoms with E-state index in [0.29, 0.717) is 17.1 Å². The van der Waals surface area contributed by atoms with Crippen LogP contribution in [0.15, 0.2) is 42.4 Å². The van der Waals surface area contributed by atoms with Gasteiger partial charge in [-0.1, -0.05) is 0 Å². The summed E-state index contributed by atoms with van der Waals surface area (Å²) in [6.07, 6.45) is 4.89. The summed E-state index contributed by atoms with van der Waals surface area (Å²) in [4.78, 5) is 2.86. The number of nitrogens with two attached hydrogens (primary N) is 3. The number of aromatic hydroxyl groups is 1. The summed E-state index contributed by atoms with van der Waals surface area (Å²) in [7, 11) is 0. The first kappa shape index (κ1) is 14.4. The van der Waals surface area contributed by atoms with Gasteiger partial charge in [-0.05, 0) is 31.2 Å². The molecule has 0 aliphatic carbocycles. The average molecular weight is 285 g/mol. The highest BCUT2D eigenvalue weighted by Gasteiger charge is 2.07. The topological polar surface area (TPSA) is 126 Å². The number of hydrogen-bond donors (Lipinski definition) is 6. The Hall–Kier alpha value is -3.02. The largest absolute Gasteiger partial charge is 0.507 e. The Morgan fingerprint density at radius 1 is 1.33 bits per heavy atom. The fourth-order valence-corrected chi connectivity index (χ4v) is 1.89. The number of hydrogen-bond acceptors (Lipinski definition) is 5. The molecule has 0 atom stereocenters. The van der Waals surface area contributed by atoms with Crippen LogP contribution in [-0.2, 0) is 0 Å². The Kier molecular flexibility index (Phi) is 4.08. The summed E-state index contributed by atoms with van der Waals surface area (Å²) in [5.74, 6) is 0.604. The molecule has 110 valence electrons. The van der Waals surface area contributed by atoms with Crippen molar-refractivity contribution in [2.45, 2.75) is 6.92 Å². The normalized spacial score (nSPS) is 12.4. The van der Waals surface area contributed by atoms with Crippen LogP contribution in [0.25, 0.3) is 11.8 Å². The van der Waals surface area contributed by atoms with E-state index in [1.165, 1.54) is 6.20 Å². The van der Waals surface area contributed by atoms with Gasteiger partial charge in [0.25, 0.3) is 0 Å². The van der Waals surface area contributed by atoms with Gasteiger partial charge < -0.3 is 32.6 Å². The van der Waals surface area contributed by atoms with Crippen molar-refractivity contribution in [2.75, 3.05) is 11.1 Å². The molecule has 0 radical (unpaired) electrons. The number of nitrogens with one attached hydrogen (secondary N) is 2. The number of H-pyrrole nitrogens is 1. The molecule has 0 aliphatic heterocycles. The first-order chi connectivity index (χ1) is 10.0. The Labute approximate surface area is 123 Å². The minimum atomic E-state index is 0.0766. The van der Waals surface area contributed by atoms with E-state index in [1.807, 2.05) is 19.1 Å². The maximum atomic E-state index is 10.1. The predicted octanol–water partition coefficient (Wildman–Crippen LogP) is 1.99. The molecule has 9 N–H and O–H groups in total. The van der Waals surface area contributed by atoms with E-state index in [9.17, 15) is 5.11 Å². The second-order valence-corrected chi connectivity index (χ2v) is 4.65. The lowest BCUT2D eigenvalue weighted by molar-refractivity contribution is 0.474. The number of aromatic nitrogens is 1. The van der Waals surface area contributed by atoms with Crippen molar-refractivity contribution in [1.29, 1.82) is 0 Å². The molecule has 6 nitrogen and oxygen atoms in total. The van der Waals surface area contributed by atoms with Crippen molar-refractivity contribution >= 4 is 23.3 Å². The van der Waals surface area contributed by atoms with E-state index in [4.69, 9.17) is 17.2 Å². The molecular formula is C15H19N5O. The Morgan fingerprint density at radius 2 is 2.10 bits per heavy atom. The minimum absolute atomic E-state index is 0.0766. The number of rotatable bonds is 4. The van der Waals surface area contributed by atoms with Crippen LogP contribution in [-0.4, -0.2) is 10.1 Å². The number of benzene rings is 1. The van der Waals surface area contributed by atoms with Crippen LogP contribution in [0.3, 0.4) is 0 Å². The van der Waals surface area contributed by atoms with Gasteiger partial charge in [-0.3, -0.25) is 0 Å². The minimum Gasteiger partial charge on any atom is -0.507 e. The lowest BCUT2D eigenvalue weighted by atomic mass is 10.1. The highest BCUT2D eigenvalue weighted by atomic mass is 16.3. The van der Waals surface area contributed by atoms with Gasteiger partial charge in [0.05, 0.1) is 0 Å². The molecule has 0 saturated carbocycles. The fourth-order valence-electron chi connectivity index (χ4n) is 1.89. The Morgan fingerprint density at radius 3 is 2.67 bits per heavy atom. The molecular weight excluding hydrogens is 266 g/mol. The van der Waals surface area contributed by atoms with E-state index in [2.05, 4.69) is 10.3 Å². The van der Waals surface area contributed by atoms with E-state index >= 15 is 0 Å². The summed E-state index contributed by atoms with van der Waals surface area (Å²) in [5, 5.41) is 13.1. The maximum absolute atomic E-state index is 10.1. The van der Waals surface area contributed by atoms with Crippen LogP contribution in [0.1, 0.15) is 18.1 Å². The summed E-state index contributed by atoms with van der Waals surface area (Å²) < 4.78 is 0. The molecule has 0 fully saturated rings. The summed E-state index contributed by atoms with van der Waals surface area (Å²) in [6.45, 7) is 1.83. The molecule has 0 amide bonds. The lowest BCUT2D eigenvalue weighted by Crippen LogP contribution is -2.00. The molecule has 21 heavy (non-hydrogen) atoms. The van der Waals surface area contributed by atoms with E-state index in [0.717, 1.165) is 16.9 Å². The third kappa shape index (κ3) is 3.30. The van der Waals surface area contributed by atoms with Crippen molar-refractivity contribution in [1.82, 2.24) is 4.98 Å². The number of aromatic amines is 1. The third-order valence-electron chi connectivity index (χ3n) is 3.02. The zero-order valence-electron chi connectivity index (χ0n) is 11.7. The molecule has 0 aliphatic rings. The quantitative estimate of drug-likeness (QED) is 0.512. The maximum Gasteiger partial charge on any atom is 0.126 e. The highest BCUT2D eigenvalue weighted by Crippen LogP contribution is 2.28. The van der Waals surface area contributed by atoms with Crippen LogP contribution >= 0.6 is 0 Å². The second kappa shape index (κ2) is 5.96. The van der Waals surface area contributed by atoms with Gasteiger partial charge in [0, 0.05) is 46.7 Å². The van der Waals surface area contributed by atoms with Gasteiger partial charge in [-0.25, -0.2) is 0 Å². The SMILES string of the molecule is C/C(=C/N)Nc1ccc(/C(N)=C/c2cc[nH]c2N)c(O)c1. The van der Waals surface area contributed by atoms with Crippen molar-refractivity contribution in [3.8, 4) is 5.75 Å². The average Bonchev–Trinajstić information content (AvgIpc) is 2.84. The van der Waals surface area contributed by atoms with Gasteiger partial charge >= 0.3 is 0 Å². The monoisotopic (exact) mass is 285 g/mol. The zero-order valence-corrected chi connectivity index (χ0v) is 11.7. The predicted molar refractivity (Wildman–Crippen MR) is 86.9 cm³/mol. The van der Waals surface area contributed by atoms with Crippen LogP contribution < -0.4 is 22.5 Å². The number of allylic oxidation sites excluding steroid dienone is 1. The fraction of sp³-hybridized carbons (Fsp3) is 0.0667. The van der Waals surface area contributed by atoms with Gasteiger partial charge in [-0.15, -0.1) is 0 Å². The highest BCUT2D eigenvalue weighted by molar-refractivity contribution is 5.85. The molecule has 1 heterocycles. The molecule has 2 rings (SSSR count). The molecule has 0 spiro atoms. The molecule has 6 heteroatoms. The number of phenols is 1. The second-order valence-electron chi connectivity index (χ2n) is 4.65. The molecule has 1 aromatic heterocycles. The van der Waals surface area contributed by atoms with E-state index in [1.54, 1.807) is 24.4 Å². The summed E-state index contributed by atoms with van der Waals surface area (Å²) in [6, 6.07) is 6.94. The third-order valence-corrected chi connectivity index (χ3v) is 3.02.